The fourth-order valence-corrected chi connectivity index (χ4v) is 4.30. The Kier molecular flexibility index (Phi) is 10.1. The van der Waals surface area contributed by atoms with Crippen molar-refractivity contribution in [1.29, 1.82) is 0 Å². The van der Waals surface area contributed by atoms with Gasteiger partial charge in [0.15, 0.2) is 0 Å². The lowest BCUT2D eigenvalue weighted by Gasteiger charge is -2.29. The van der Waals surface area contributed by atoms with Crippen molar-refractivity contribution in [3.63, 3.8) is 0 Å². The lowest BCUT2D eigenvalue weighted by molar-refractivity contribution is -0.139. The number of hydrogen-bond donors (Lipinski definition) is 1. The minimum Gasteiger partial charge on any atom is -0.352 e. The first-order valence-corrected chi connectivity index (χ1v) is 12.0. The zero-order valence-electron chi connectivity index (χ0n) is 17.8. The molecule has 31 heavy (non-hydrogen) atoms. The summed E-state index contributed by atoms with van der Waals surface area (Å²) in [4.78, 5) is 27.1. The van der Waals surface area contributed by atoms with Crippen molar-refractivity contribution in [2.75, 3.05) is 5.75 Å². The van der Waals surface area contributed by atoms with Gasteiger partial charge in [-0.1, -0.05) is 54.4 Å². The molecule has 8 heteroatoms. The third-order valence-electron chi connectivity index (χ3n) is 4.97. The molecule has 2 amide bonds. The number of nitrogens with zero attached hydrogens (tertiary/aromatic N) is 1. The zero-order valence-corrected chi connectivity index (χ0v) is 20.2. The average molecular weight is 485 g/mol. The van der Waals surface area contributed by atoms with Gasteiger partial charge in [-0.05, 0) is 44.0 Å². The molecule has 168 valence electrons. The van der Waals surface area contributed by atoms with Gasteiger partial charge in [0.25, 0.3) is 0 Å². The highest BCUT2D eigenvalue weighted by molar-refractivity contribution is 7.99. The number of benzene rings is 2. The molecular weight excluding hydrogens is 458 g/mol. The highest BCUT2D eigenvalue weighted by Crippen LogP contribution is 2.25. The summed E-state index contributed by atoms with van der Waals surface area (Å²) in [6, 6.07) is 10.8. The Hall–Kier alpha value is -1.76. The molecule has 2 aromatic carbocycles. The largest absolute Gasteiger partial charge is 0.352 e. The summed E-state index contributed by atoms with van der Waals surface area (Å²) < 4.78 is 14.2. The van der Waals surface area contributed by atoms with Gasteiger partial charge < -0.3 is 10.2 Å². The molecule has 1 N–H and O–H groups in total. The number of rotatable bonds is 10. The second-order valence-electron chi connectivity index (χ2n) is 7.34. The van der Waals surface area contributed by atoms with Crippen LogP contribution in [-0.2, 0) is 21.9 Å². The summed E-state index contributed by atoms with van der Waals surface area (Å²) in [5.74, 6) is -0.262. The molecule has 0 fully saturated rings. The molecule has 0 aromatic heterocycles. The van der Waals surface area contributed by atoms with Crippen LogP contribution < -0.4 is 5.32 Å². The molecule has 0 unspecified atom stereocenters. The molecule has 0 radical (unpaired) electrons. The standard InChI is InChI=1S/C23H27Cl2FN2O2S/c1-4-15(2)27-23(30)16(3)28(12-17-7-5-6-8-21(17)26)22(29)14-31-13-18-9-10-19(24)11-20(18)25/h5-11,15-16H,4,12-14H2,1-3H3,(H,27,30)/t15-,16-/m1/s1. The molecule has 0 spiro atoms. The molecule has 0 saturated carbocycles. The number of amides is 2. The van der Waals surface area contributed by atoms with Crippen LogP contribution in [0.1, 0.15) is 38.3 Å². The number of nitrogens with one attached hydrogen (secondary N) is 1. The quantitative estimate of drug-likeness (QED) is 0.470. The van der Waals surface area contributed by atoms with Crippen LogP contribution in [0.4, 0.5) is 4.39 Å². The third kappa shape index (κ3) is 7.70. The van der Waals surface area contributed by atoms with E-state index in [0.29, 0.717) is 21.4 Å². The van der Waals surface area contributed by atoms with E-state index in [1.807, 2.05) is 19.9 Å². The highest BCUT2D eigenvalue weighted by Gasteiger charge is 2.27. The topological polar surface area (TPSA) is 49.4 Å². The van der Waals surface area contributed by atoms with E-state index in [1.54, 1.807) is 37.3 Å². The van der Waals surface area contributed by atoms with E-state index in [4.69, 9.17) is 23.2 Å². The van der Waals surface area contributed by atoms with E-state index >= 15 is 0 Å². The van der Waals surface area contributed by atoms with Crippen LogP contribution in [0.3, 0.4) is 0 Å². The second-order valence-corrected chi connectivity index (χ2v) is 9.16. The molecular formula is C23H27Cl2FN2O2S. The Labute approximate surface area is 197 Å². The van der Waals surface area contributed by atoms with Crippen LogP contribution in [0.2, 0.25) is 10.0 Å². The number of hydrogen-bond acceptors (Lipinski definition) is 3. The predicted octanol–water partition coefficient (Wildman–Crippen LogP) is 5.70. The van der Waals surface area contributed by atoms with Gasteiger partial charge in [-0.15, -0.1) is 11.8 Å². The van der Waals surface area contributed by atoms with E-state index in [2.05, 4.69) is 5.32 Å². The van der Waals surface area contributed by atoms with Gasteiger partial charge >= 0.3 is 0 Å². The summed E-state index contributed by atoms with van der Waals surface area (Å²) in [6.45, 7) is 5.55. The fourth-order valence-electron chi connectivity index (χ4n) is 2.83. The smallest absolute Gasteiger partial charge is 0.242 e. The molecule has 2 aromatic rings. The Balaban J connectivity index is 2.11. The maximum atomic E-state index is 14.2. The van der Waals surface area contributed by atoms with Crippen LogP contribution in [0.5, 0.6) is 0 Å². The lowest BCUT2D eigenvalue weighted by Crippen LogP contribution is -2.50. The SMILES string of the molecule is CC[C@@H](C)NC(=O)[C@@H](C)N(Cc1ccccc1F)C(=O)CSCc1ccc(Cl)cc1Cl. The van der Waals surface area contributed by atoms with Crippen molar-refractivity contribution in [2.24, 2.45) is 0 Å². The number of thioether (sulfide) groups is 1. The Bertz CT molecular complexity index is 913. The normalized spacial score (nSPS) is 12.8. The molecule has 0 aliphatic heterocycles. The Morgan fingerprint density at radius 1 is 1.13 bits per heavy atom. The third-order valence-corrected chi connectivity index (χ3v) is 6.52. The fraction of sp³-hybridized carbons (Fsp3) is 0.391. The molecule has 0 aliphatic rings. The van der Waals surface area contributed by atoms with Crippen molar-refractivity contribution in [3.8, 4) is 0 Å². The van der Waals surface area contributed by atoms with E-state index in [9.17, 15) is 14.0 Å². The molecule has 0 bridgehead atoms. The van der Waals surface area contributed by atoms with Crippen molar-refractivity contribution >= 4 is 46.8 Å². The van der Waals surface area contributed by atoms with Crippen LogP contribution in [0.15, 0.2) is 42.5 Å². The van der Waals surface area contributed by atoms with Gasteiger partial charge in [0.05, 0.1) is 5.75 Å². The van der Waals surface area contributed by atoms with Crippen molar-refractivity contribution in [3.05, 3.63) is 69.5 Å². The minimum atomic E-state index is -0.735. The van der Waals surface area contributed by atoms with Gasteiger partial charge in [-0.3, -0.25) is 9.59 Å². The van der Waals surface area contributed by atoms with Gasteiger partial charge in [-0.2, -0.15) is 0 Å². The molecule has 0 saturated heterocycles. The van der Waals surface area contributed by atoms with E-state index < -0.39 is 11.9 Å². The van der Waals surface area contributed by atoms with E-state index in [-0.39, 0.29) is 30.2 Å². The lowest BCUT2D eigenvalue weighted by atomic mass is 10.1. The van der Waals surface area contributed by atoms with Gasteiger partial charge in [0.1, 0.15) is 11.9 Å². The molecule has 4 nitrogen and oxygen atoms in total. The van der Waals surface area contributed by atoms with Crippen LogP contribution >= 0.6 is 35.0 Å². The van der Waals surface area contributed by atoms with Gasteiger partial charge in [0.2, 0.25) is 11.8 Å². The summed E-state index contributed by atoms with van der Waals surface area (Å²) in [5.41, 5.74) is 1.23. The molecule has 2 rings (SSSR count). The van der Waals surface area contributed by atoms with Crippen molar-refractivity contribution < 1.29 is 14.0 Å². The minimum absolute atomic E-state index is 0.0122. The van der Waals surface area contributed by atoms with Crippen LogP contribution in [0.25, 0.3) is 0 Å². The number of halogens is 3. The van der Waals surface area contributed by atoms with Crippen LogP contribution in [0, 0.1) is 5.82 Å². The van der Waals surface area contributed by atoms with Gasteiger partial charge in [0, 0.05) is 33.9 Å². The second kappa shape index (κ2) is 12.3. The molecule has 0 aliphatic carbocycles. The van der Waals surface area contributed by atoms with E-state index in [0.717, 1.165) is 12.0 Å². The van der Waals surface area contributed by atoms with Crippen molar-refractivity contribution in [2.45, 2.75) is 51.6 Å². The zero-order chi connectivity index (χ0) is 23.0. The first kappa shape index (κ1) is 25.5. The van der Waals surface area contributed by atoms with Crippen LogP contribution in [-0.4, -0.2) is 34.6 Å². The summed E-state index contributed by atoms with van der Waals surface area (Å²) >= 11 is 13.5. The summed E-state index contributed by atoms with van der Waals surface area (Å²) in [7, 11) is 0. The first-order valence-electron chi connectivity index (χ1n) is 10.1. The number of carbonyl (C=O) groups is 2. The van der Waals surface area contributed by atoms with E-state index in [1.165, 1.54) is 22.7 Å². The summed E-state index contributed by atoms with van der Waals surface area (Å²) in [6.07, 6.45) is 0.775. The maximum absolute atomic E-state index is 14.2. The highest BCUT2D eigenvalue weighted by atomic mass is 35.5. The number of carbonyl (C=O) groups excluding carboxylic acids is 2. The Morgan fingerprint density at radius 2 is 1.84 bits per heavy atom. The summed E-state index contributed by atoms with van der Waals surface area (Å²) in [5, 5.41) is 3.98. The first-order chi connectivity index (χ1) is 14.7. The molecule has 2 atom stereocenters. The predicted molar refractivity (Wildman–Crippen MR) is 127 cm³/mol. The average Bonchev–Trinajstić information content (AvgIpc) is 2.73. The van der Waals surface area contributed by atoms with Crippen molar-refractivity contribution in [1.82, 2.24) is 10.2 Å². The maximum Gasteiger partial charge on any atom is 0.242 e. The van der Waals surface area contributed by atoms with Gasteiger partial charge in [-0.25, -0.2) is 4.39 Å². The Morgan fingerprint density at radius 3 is 2.48 bits per heavy atom. The molecule has 0 heterocycles. The monoisotopic (exact) mass is 484 g/mol.